The maximum atomic E-state index is 14.5. The Morgan fingerprint density at radius 3 is 2.72 bits per heavy atom. The summed E-state index contributed by atoms with van der Waals surface area (Å²) in [4.78, 5) is 16.2. The van der Waals surface area contributed by atoms with Crippen LogP contribution in [-0.4, -0.2) is 17.4 Å². The number of carbonyl (C=O) groups excluding carboxylic acids is 1. The predicted molar refractivity (Wildman–Crippen MR) is 96.4 cm³/mol. The number of nitrogens with one attached hydrogen (secondary N) is 1. The second-order valence-corrected chi connectivity index (χ2v) is 7.16. The van der Waals surface area contributed by atoms with Crippen molar-refractivity contribution in [2.75, 3.05) is 6.61 Å². The van der Waals surface area contributed by atoms with Gasteiger partial charge in [-0.05, 0) is 36.8 Å². The molecule has 0 atom stereocenters. The monoisotopic (exact) mass is 357 g/mol. The van der Waals surface area contributed by atoms with Gasteiger partial charge in [-0.2, -0.15) is 0 Å². The molecule has 4 rings (SSSR count). The van der Waals surface area contributed by atoms with Crippen LogP contribution in [0.15, 0.2) is 30.3 Å². The SMILES string of the molecule is CCOc1ccc2c(c1)C(C)(C)c1[nH]c3c(F)c(Cl)ccc3c1C2=O. The first-order chi connectivity index (χ1) is 11.9. The van der Waals surface area contributed by atoms with Crippen LogP contribution in [0.2, 0.25) is 5.02 Å². The van der Waals surface area contributed by atoms with Gasteiger partial charge in [-0.3, -0.25) is 4.79 Å². The molecular weight excluding hydrogens is 341 g/mol. The quantitative estimate of drug-likeness (QED) is 0.682. The van der Waals surface area contributed by atoms with Crippen molar-refractivity contribution in [3.05, 3.63) is 63.6 Å². The van der Waals surface area contributed by atoms with E-state index in [-0.39, 0.29) is 16.3 Å². The highest BCUT2D eigenvalue weighted by Crippen LogP contribution is 2.45. The van der Waals surface area contributed by atoms with E-state index in [9.17, 15) is 9.18 Å². The van der Waals surface area contributed by atoms with E-state index >= 15 is 0 Å². The first-order valence-corrected chi connectivity index (χ1v) is 8.56. The molecular formula is C20H17ClFNO2. The maximum Gasteiger partial charge on any atom is 0.195 e. The van der Waals surface area contributed by atoms with E-state index in [0.29, 0.717) is 28.8 Å². The summed E-state index contributed by atoms with van der Waals surface area (Å²) in [6.45, 7) is 6.50. The van der Waals surface area contributed by atoms with E-state index < -0.39 is 11.2 Å². The average molecular weight is 358 g/mol. The zero-order chi connectivity index (χ0) is 17.9. The van der Waals surface area contributed by atoms with E-state index in [0.717, 1.165) is 11.3 Å². The first kappa shape index (κ1) is 16.2. The zero-order valence-corrected chi connectivity index (χ0v) is 14.9. The van der Waals surface area contributed by atoms with Crippen molar-refractivity contribution in [1.82, 2.24) is 4.98 Å². The number of aromatic amines is 1. The molecule has 2 aromatic carbocycles. The molecule has 1 aliphatic rings. The lowest BCUT2D eigenvalue weighted by molar-refractivity contribution is 0.103. The summed E-state index contributed by atoms with van der Waals surface area (Å²) < 4.78 is 20.0. The molecule has 5 heteroatoms. The minimum atomic E-state index is -0.531. The Hall–Kier alpha value is -2.33. The van der Waals surface area contributed by atoms with Crippen LogP contribution in [0.25, 0.3) is 10.9 Å². The van der Waals surface area contributed by atoms with Crippen molar-refractivity contribution in [1.29, 1.82) is 0 Å². The third-order valence-electron chi connectivity index (χ3n) is 4.94. The third kappa shape index (κ3) is 2.13. The van der Waals surface area contributed by atoms with Crippen LogP contribution in [0.3, 0.4) is 0 Å². The van der Waals surface area contributed by atoms with Gasteiger partial charge in [-0.15, -0.1) is 0 Å². The molecule has 1 aliphatic carbocycles. The Balaban J connectivity index is 2.03. The highest BCUT2D eigenvalue weighted by atomic mass is 35.5. The lowest BCUT2D eigenvalue weighted by Crippen LogP contribution is -2.30. The summed E-state index contributed by atoms with van der Waals surface area (Å²) in [6.07, 6.45) is 0. The molecule has 1 aromatic heterocycles. The van der Waals surface area contributed by atoms with E-state index in [1.165, 1.54) is 6.07 Å². The number of fused-ring (bicyclic) bond motifs is 4. The predicted octanol–water partition coefficient (Wildman–Crippen LogP) is 5.23. The first-order valence-electron chi connectivity index (χ1n) is 8.18. The van der Waals surface area contributed by atoms with Gasteiger partial charge in [0.15, 0.2) is 11.6 Å². The largest absolute Gasteiger partial charge is 0.494 e. The molecule has 0 amide bonds. The number of hydrogen-bond donors (Lipinski definition) is 1. The van der Waals surface area contributed by atoms with Gasteiger partial charge in [0.2, 0.25) is 0 Å². The van der Waals surface area contributed by atoms with E-state index in [1.54, 1.807) is 18.2 Å². The zero-order valence-electron chi connectivity index (χ0n) is 14.2. The van der Waals surface area contributed by atoms with E-state index in [2.05, 4.69) is 4.98 Å². The van der Waals surface area contributed by atoms with Crippen molar-refractivity contribution >= 4 is 28.3 Å². The number of carbonyl (C=O) groups is 1. The lowest BCUT2D eigenvalue weighted by Gasteiger charge is -2.32. The Labute approximate surface area is 149 Å². The van der Waals surface area contributed by atoms with Gasteiger partial charge < -0.3 is 9.72 Å². The summed E-state index contributed by atoms with van der Waals surface area (Å²) in [5.41, 5.74) is 2.49. The third-order valence-corrected chi connectivity index (χ3v) is 5.23. The van der Waals surface area contributed by atoms with Gasteiger partial charge in [0.05, 0.1) is 22.7 Å². The van der Waals surface area contributed by atoms with E-state index in [1.807, 2.05) is 26.8 Å². The van der Waals surface area contributed by atoms with Crippen molar-refractivity contribution in [3.63, 3.8) is 0 Å². The number of rotatable bonds is 2. The highest BCUT2D eigenvalue weighted by molar-refractivity contribution is 6.32. The maximum absolute atomic E-state index is 14.5. The number of benzene rings is 2. The Morgan fingerprint density at radius 1 is 1.24 bits per heavy atom. The summed E-state index contributed by atoms with van der Waals surface area (Å²) in [7, 11) is 0. The number of aromatic nitrogens is 1. The molecule has 0 fully saturated rings. The number of H-pyrrole nitrogens is 1. The fourth-order valence-corrected chi connectivity index (χ4v) is 3.83. The molecule has 0 saturated carbocycles. The number of ether oxygens (including phenoxy) is 1. The topological polar surface area (TPSA) is 42.1 Å². The summed E-state index contributed by atoms with van der Waals surface area (Å²) in [5, 5.41) is 0.599. The molecule has 0 unspecified atom stereocenters. The minimum Gasteiger partial charge on any atom is -0.494 e. The molecule has 1 heterocycles. The van der Waals surface area contributed by atoms with Crippen molar-refractivity contribution in [2.24, 2.45) is 0 Å². The molecule has 128 valence electrons. The smallest absolute Gasteiger partial charge is 0.195 e. The normalized spacial score (nSPS) is 15.2. The van der Waals surface area contributed by atoms with Crippen molar-refractivity contribution < 1.29 is 13.9 Å². The van der Waals surface area contributed by atoms with Crippen LogP contribution in [-0.2, 0) is 5.41 Å². The van der Waals surface area contributed by atoms with Gasteiger partial charge in [-0.1, -0.05) is 31.5 Å². The standard InChI is InChI=1S/C20H17ClFNO2/c1-4-25-10-5-6-11-13(9-10)20(2,3)19-15(18(11)24)12-7-8-14(21)16(22)17(12)23-19/h5-9,23H,4H2,1-3H3. The molecule has 0 radical (unpaired) electrons. The summed E-state index contributed by atoms with van der Waals surface area (Å²) in [5.74, 6) is 0.0764. The second kappa shape index (κ2) is 5.33. The Bertz CT molecular complexity index is 1040. The second-order valence-electron chi connectivity index (χ2n) is 6.75. The van der Waals surface area contributed by atoms with Crippen molar-refractivity contribution in [3.8, 4) is 5.75 Å². The van der Waals surface area contributed by atoms with Crippen LogP contribution in [0, 0.1) is 5.82 Å². The molecule has 0 spiro atoms. The van der Waals surface area contributed by atoms with Crippen LogP contribution in [0.4, 0.5) is 4.39 Å². The molecule has 0 bridgehead atoms. The van der Waals surface area contributed by atoms with Crippen LogP contribution < -0.4 is 4.74 Å². The average Bonchev–Trinajstić information content (AvgIpc) is 2.98. The van der Waals surface area contributed by atoms with Gasteiger partial charge in [0.25, 0.3) is 0 Å². The molecule has 3 aromatic rings. The number of hydrogen-bond acceptors (Lipinski definition) is 2. The molecule has 25 heavy (non-hydrogen) atoms. The lowest BCUT2D eigenvalue weighted by atomic mass is 9.71. The number of halogens is 2. The van der Waals surface area contributed by atoms with Gasteiger partial charge in [0.1, 0.15) is 5.75 Å². The molecule has 1 N–H and O–H groups in total. The Morgan fingerprint density at radius 2 is 2.00 bits per heavy atom. The molecule has 0 saturated heterocycles. The van der Waals surface area contributed by atoms with Crippen LogP contribution in [0.1, 0.15) is 48.0 Å². The molecule has 3 nitrogen and oxygen atoms in total. The van der Waals surface area contributed by atoms with Gasteiger partial charge >= 0.3 is 0 Å². The summed E-state index contributed by atoms with van der Waals surface area (Å²) in [6, 6.07) is 8.67. The fraction of sp³-hybridized carbons (Fsp3) is 0.250. The molecule has 0 aliphatic heterocycles. The fourth-order valence-electron chi connectivity index (χ4n) is 3.67. The van der Waals surface area contributed by atoms with Gasteiger partial charge in [-0.25, -0.2) is 4.39 Å². The Kier molecular flexibility index (Phi) is 3.45. The minimum absolute atomic E-state index is 0.0347. The van der Waals surface area contributed by atoms with Crippen LogP contribution >= 0.6 is 11.6 Å². The van der Waals surface area contributed by atoms with Crippen LogP contribution in [0.5, 0.6) is 5.75 Å². The highest BCUT2D eigenvalue weighted by Gasteiger charge is 2.40. The summed E-state index contributed by atoms with van der Waals surface area (Å²) >= 11 is 5.91. The number of ketones is 1. The van der Waals surface area contributed by atoms with Gasteiger partial charge in [0, 0.05) is 22.1 Å². The van der Waals surface area contributed by atoms with E-state index in [4.69, 9.17) is 16.3 Å². The van der Waals surface area contributed by atoms with Crippen molar-refractivity contribution in [2.45, 2.75) is 26.2 Å².